The molecule has 0 aromatic carbocycles. The summed E-state index contributed by atoms with van der Waals surface area (Å²) in [6.07, 6.45) is 11.2. The van der Waals surface area contributed by atoms with E-state index < -0.39 is 0 Å². The summed E-state index contributed by atoms with van der Waals surface area (Å²) in [5.41, 5.74) is 0. The van der Waals surface area contributed by atoms with Gasteiger partial charge in [-0.15, -0.1) is 0 Å². The van der Waals surface area contributed by atoms with Gasteiger partial charge in [-0.2, -0.15) is 0 Å². The maximum absolute atomic E-state index is 2.35. The quantitative estimate of drug-likeness (QED) is 0.370. The van der Waals surface area contributed by atoms with Crippen molar-refractivity contribution in [2.24, 2.45) is 5.92 Å². The minimum Gasteiger partial charge on any atom is -0.335 e. The Bertz CT molecular complexity index is 218. The highest BCUT2D eigenvalue weighted by molar-refractivity contribution is 4.46. The number of nitrogens with zero attached hydrogens (tertiary/aromatic N) is 1. The Balaban J connectivity index is 3.80. The van der Waals surface area contributed by atoms with Gasteiger partial charge in [0.15, 0.2) is 0 Å². The molecule has 0 aliphatic carbocycles. The summed E-state index contributed by atoms with van der Waals surface area (Å²) in [6.45, 7) is 12.5. The van der Waals surface area contributed by atoms with Gasteiger partial charge in [0.05, 0.1) is 47.3 Å². The number of hydrogen-bond acceptors (Lipinski definition) is 0. The molecule has 0 aromatic heterocycles. The summed E-state index contributed by atoms with van der Waals surface area (Å²) >= 11 is 0. The molecule has 0 fully saturated rings. The molecule has 2 heteroatoms. The number of quaternary nitrogens is 2. The van der Waals surface area contributed by atoms with Crippen molar-refractivity contribution >= 4 is 0 Å². The summed E-state index contributed by atoms with van der Waals surface area (Å²) in [6, 6.07) is 0. The third-order valence-corrected chi connectivity index (χ3v) is 4.30. The fourth-order valence-electron chi connectivity index (χ4n) is 2.90. The van der Waals surface area contributed by atoms with Gasteiger partial charge >= 0.3 is 0 Å². The molecular formula is C19H44N2+2. The van der Waals surface area contributed by atoms with Crippen molar-refractivity contribution < 1.29 is 9.38 Å². The SMILES string of the molecule is CCCCC[NH+](CCCCC[N+](C)(C)C)CCCC(C)C. The molecule has 0 aliphatic rings. The fraction of sp³-hybridized carbons (Fsp3) is 1.00. The number of unbranched alkanes of at least 4 members (excludes halogenated alkanes) is 4. The van der Waals surface area contributed by atoms with Crippen LogP contribution in [-0.2, 0) is 0 Å². The molecule has 0 bridgehead atoms. The third kappa shape index (κ3) is 16.1. The Morgan fingerprint density at radius 2 is 1.33 bits per heavy atom. The van der Waals surface area contributed by atoms with Crippen molar-refractivity contribution in [3.8, 4) is 0 Å². The van der Waals surface area contributed by atoms with E-state index in [4.69, 9.17) is 0 Å². The lowest BCUT2D eigenvalue weighted by molar-refractivity contribution is -0.901. The normalized spacial score (nSPS) is 13.9. The number of rotatable bonds is 14. The lowest BCUT2D eigenvalue weighted by Gasteiger charge is -2.24. The molecule has 0 saturated heterocycles. The van der Waals surface area contributed by atoms with E-state index in [1.807, 2.05) is 4.90 Å². The molecule has 0 rings (SSSR count). The van der Waals surface area contributed by atoms with Gasteiger partial charge in [-0.05, 0) is 50.9 Å². The van der Waals surface area contributed by atoms with Gasteiger partial charge in [0.1, 0.15) is 0 Å². The van der Waals surface area contributed by atoms with Crippen LogP contribution in [-0.4, -0.2) is 51.8 Å². The van der Waals surface area contributed by atoms with Crippen LogP contribution in [0.1, 0.15) is 72.1 Å². The maximum Gasteiger partial charge on any atom is 0.0780 e. The van der Waals surface area contributed by atoms with E-state index in [0.717, 1.165) is 10.4 Å². The molecule has 0 aliphatic heterocycles. The zero-order valence-corrected chi connectivity index (χ0v) is 16.0. The molecule has 0 radical (unpaired) electrons. The Labute approximate surface area is 135 Å². The van der Waals surface area contributed by atoms with Gasteiger partial charge in [0.25, 0.3) is 0 Å². The molecule has 1 unspecified atom stereocenters. The Hall–Kier alpha value is -0.0800. The lowest BCUT2D eigenvalue weighted by Crippen LogP contribution is -3.12. The standard InChI is InChI=1S/C19H43N2/c1-7-8-10-15-20(17-13-14-19(2)3)16-11-9-12-18-21(4,5)6/h19H,7-18H2,1-6H3/q+1/p+1. The van der Waals surface area contributed by atoms with Crippen LogP contribution in [0.5, 0.6) is 0 Å². The predicted octanol–water partition coefficient (Wildman–Crippen LogP) is 3.37. The monoisotopic (exact) mass is 300 g/mol. The fourth-order valence-corrected chi connectivity index (χ4v) is 2.90. The average molecular weight is 301 g/mol. The van der Waals surface area contributed by atoms with Gasteiger partial charge in [-0.25, -0.2) is 0 Å². The van der Waals surface area contributed by atoms with E-state index in [9.17, 15) is 0 Å². The van der Waals surface area contributed by atoms with E-state index >= 15 is 0 Å². The second-order valence-corrected chi connectivity index (χ2v) is 8.32. The van der Waals surface area contributed by atoms with E-state index in [-0.39, 0.29) is 0 Å². The largest absolute Gasteiger partial charge is 0.335 e. The summed E-state index contributed by atoms with van der Waals surface area (Å²) in [5.74, 6) is 0.867. The molecule has 2 nitrogen and oxygen atoms in total. The minimum absolute atomic E-state index is 0.867. The molecule has 128 valence electrons. The van der Waals surface area contributed by atoms with Crippen molar-refractivity contribution in [2.45, 2.75) is 72.1 Å². The highest BCUT2D eigenvalue weighted by atomic mass is 15.3. The van der Waals surface area contributed by atoms with Crippen molar-refractivity contribution in [3.63, 3.8) is 0 Å². The van der Waals surface area contributed by atoms with Crippen molar-refractivity contribution in [2.75, 3.05) is 47.3 Å². The third-order valence-electron chi connectivity index (χ3n) is 4.30. The summed E-state index contributed by atoms with van der Waals surface area (Å²) < 4.78 is 1.11. The Morgan fingerprint density at radius 3 is 1.86 bits per heavy atom. The van der Waals surface area contributed by atoms with Crippen LogP contribution in [0.25, 0.3) is 0 Å². The number of hydrogen-bond donors (Lipinski definition) is 1. The van der Waals surface area contributed by atoms with Crippen molar-refractivity contribution in [1.29, 1.82) is 0 Å². The van der Waals surface area contributed by atoms with Crippen molar-refractivity contribution in [3.05, 3.63) is 0 Å². The first kappa shape index (κ1) is 20.9. The van der Waals surface area contributed by atoms with Gasteiger partial charge in [0, 0.05) is 0 Å². The van der Waals surface area contributed by atoms with E-state index in [1.165, 1.54) is 77.5 Å². The van der Waals surface area contributed by atoms with E-state index in [2.05, 4.69) is 41.9 Å². The molecule has 0 saturated carbocycles. The first-order chi connectivity index (χ1) is 9.85. The molecule has 0 aromatic rings. The minimum atomic E-state index is 0.867. The van der Waals surface area contributed by atoms with Crippen LogP contribution in [0.4, 0.5) is 0 Å². The van der Waals surface area contributed by atoms with Crippen LogP contribution >= 0.6 is 0 Å². The van der Waals surface area contributed by atoms with Crippen LogP contribution in [0, 0.1) is 5.92 Å². The predicted molar refractivity (Wildman–Crippen MR) is 95.9 cm³/mol. The summed E-state index contributed by atoms with van der Waals surface area (Å²) in [7, 11) is 6.90. The topological polar surface area (TPSA) is 4.44 Å². The first-order valence-electron chi connectivity index (χ1n) is 9.49. The Kier molecular flexibility index (Phi) is 12.4. The smallest absolute Gasteiger partial charge is 0.0780 e. The molecule has 1 N–H and O–H groups in total. The molecular weight excluding hydrogens is 256 g/mol. The van der Waals surface area contributed by atoms with Crippen LogP contribution in [0.2, 0.25) is 0 Å². The van der Waals surface area contributed by atoms with Gasteiger partial charge in [-0.3, -0.25) is 0 Å². The summed E-state index contributed by atoms with van der Waals surface area (Å²) in [5, 5.41) is 0. The molecule has 21 heavy (non-hydrogen) atoms. The second-order valence-electron chi connectivity index (χ2n) is 8.32. The highest BCUT2D eigenvalue weighted by Gasteiger charge is 2.10. The number of nitrogens with one attached hydrogen (secondary N) is 1. The lowest BCUT2D eigenvalue weighted by atomic mass is 10.1. The Morgan fingerprint density at radius 1 is 0.762 bits per heavy atom. The average Bonchev–Trinajstić information content (AvgIpc) is 2.36. The van der Waals surface area contributed by atoms with Gasteiger partial charge in [-0.1, -0.05) is 27.2 Å². The zero-order chi connectivity index (χ0) is 16.1. The molecule has 0 heterocycles. The van der Waals surface area contributed by atoms with E-state index in [0.29, 0.717) is 0 Å². The highest BCUT2D eigenvalue weighted by Crippen LogP contribution is 2.02. The van der Waals surface area contributed by atoms with E-state index in [1.54, 1.807) is 0 Å². The molecule has 1 atom stereocenters. The first-order valence-corrected chi connectivity index (χ1v) is 9.49. The van der Waals surface area contributed by atoms with Crippen molar-refractivity contribution in [1.82, 2.24) is 0 Å². The van der Waals surface area contributed by atoms with Crippen LogP contribution < -0.4 is 4.90 Å². The van der Waals surface area contributed by atoms with Gasteiger partial charge in [0.2, 0.25) is 0 Å². The van der Waals surface area contributed by atoms with Gasteiger partial charge < -0.3 is 9.38 Å². The summed E-state index contributed by atoms with van der Waals surface area (Å²) in [4.78, 5) is 1.87. The van der Waals surface area contributed by atoms with Crippen LogP contribution in [0.15, 0.2) is 0 Å². The van der Waals surface area contributed by atoms with Crippen LogP contribution in [0.3, 0.4) is 0 Å². The molecule has 0 spiro atoms. The second kappa shape index (κ2) is 12.5. The zero-order valence-electron chi connectivity index (χ0n) is 16.0. The maximum atomic E-state index is 2.35. The molecule has 0 amide bonds.